The lowest BCUT2D eigenvalue weighted by atomic mass is 9.93. The minimum Gasteiger partial charge on any atom is -0.392 e. The van der Waals surface area contributed by atoms with Crippen molar-refractivity contribution < 1.29 is 9.50 Å². The molecule has 1 aliphatic rings. The maximum absolute atomic E-state index is 13.3. The van der Waals surface area contributed by atoms with Crippen LogP contribution < -0.4 is 5.32 Å². The fourth-order valence-electron chi connectivity index (χ4n) is 2.04. The highest BCUT2D eigenvalue weighted by atomic mass is 19.1. The van der Waals surface area contributed by atoms with Crippen LogP contribution in [0.2, 0.25) is 0 Å². The number of halogens is 1. The van der Waals surface area contributed by atoms with Gasteiger partial charge in [-0.25, -0.2) is 4.39 Å². The predicted octanol–water partition coefficient (Wildman–Crippen LogP) is 1.39. The topological polar surface area (TPSA) is 32.3 Å². The Hall–Kier alpha value is -0.930. The number of hydrogen-bond donors (Lipinski definition) is 2. The molecule has 1 heterocycles. The average molecular weight is 195 g/mol. The van der Waals surface area contributed by atoms with Gasteiger partial charge in [-0.1, -0.05) is 12.1 Å². The van der Waals surface area contributed by atoms with Crippen LogP contribution >= 0.6 is 0 Å². The Morgan fingerprint density at radius 3 is 3.00 bits per heavy atom. The van der Waals surface area contributed by atoms with Crippen LogP contribution in [-0.4, -0.2) is 18.2 Å². The first-order valence-electron chi connectivity index (χ1n) is 4.92. The minimum absolute atomic E-state index is 0.210. The van der Waals surface area contributed by atoms with Crippen molar-refractivity contribution in [2.24, 2.45) is 0 Å². The molecule has 1 atom stereocenters. The second kappa shape index (κ2) is 4.07. The van der Waals surface area contributed by atoms with Gasteiger partial charge in [-0.05, 0) is 30.5 Å². The summed E-state index contributed by atoms with van der Waals surface area (Å²) in [4.78, 5) is 0. The van der Waals surface area contributed by atoms with Crippen molar-refractivity contribution in [2.45, 2.75) is 18.9 Å². The molecule has 1 saturated heterocycles. The molecular formula is C11H14FNO. The number of rotatable bonds is 2. The van der Waals surface area contributed by atoms with Gasteiger partial charge in [-0.15, -0.1) is 0 Å². The van der Waals surface area contributed by atoms with Gasteiger partial charge in [-0.3, -0.25) is 0 Å². The molecule has 0 spiro atoms. The SMILES string of the molecule is OCc1c(F)cccc1C1CCNC1. The van der Waals surface area contributed by atoms with Crippen molar-refractivity contribution in [2.75, 3.05) is 13.1 Å². The largest absolute Gasteiger partial charge is 0.392 e. The molecule has 0 aliphatic carbocycles. The van der Waals surface area contributed by atoms with Crippen molar-refractivity contribution in [3.63, 3.8) is 0 Å². The van der Waals surface area contributed by atoms with Crippen LogP contribution in [0.5, 0.6) is 0 Å². The molecule has 0 bridgehead atoms. The third kappa shape index (κ3) is 1.65. The van der Waals surface area contributed by atoms with Crippen LogP contribution in [0, 0.1) is 5.82 Å². The van der Waals surface area contributed by atoms with E-state index >= 15 is 0 Å². The molecule has 1 fully saturated rings. The number of nitrogens with one attached hydrogen (secondary N) is 1. The molecule has 0 radical (unpaired) electrons. The summed E-state index contributed by atoms with van der Waals surface area (Å²) in [6.45, 7) is 1.65. The molecule has 14 heavy (non-hydrogen) atoms. The van der Waals surface area contributed by atoms with Gasteiger partial charge in [0.2, 0.25) is 0 Å². The van der Waals surface area contributed by atoms with Gasteiger partial charge in [0.1, 0.15) is 5.82 Å². The van der Waals surface area contributed by atoms with Crippen molar-refractivity contribution in [1.82, 2.24) is 5.32 Å². The Kier molecular flexibility index (Phi) is 2.79. The molecule has 3 heteroatoms. The van der Waals surface area contributed by atoms with E-state index in [2.05, 4.69) is 5.32 Å². The van der Waals surface area contributed by atoms with Crippen LogP contribution in [0.3, 0.4) is 0 Å². The van der Waals surface area contributed by atoms with Gasteiger partial charge in [0.25, 0.3) is 0 Å². The van der Waals surface area contributed by atoms with E-state index in [0.29, 0.717) is 11.5 Å². The molecule has 1 aliphatic heterocycles. The number of benzene rings is 1. The normalized spacial score (nSPS) is 21.4. The van der Waals surface area contributed by atoms with Crippen molar-refractivity contribution in [1.29, 1.82) is 0 Å². The quantitative estimate of drug-likeness (QED) is 0.747. The molecule has 2 rings (SSSR count). The predicted molar refractivity (Wildman–Crippen MR) is 52.6 cm³/mol. The second-order valence-corrected chi connectivity index (χ2v) is 3.66. The van der Waals surface area contributed by atoms with Crippen LogP contribution in [0.1, 0.15) is 23.5 Å². The fourth-order valence-corrected chi connectivity index (χ4v) is 2.04. The number of aliphatic hydroxyl groups excluding tert-OH is 1. The second-order valence-electron chi connectivity index (χ2n) is 3.66. The Morgan fingerprint density at radius 2 is 2.36 bits per heavy atom. The lowest BCUT2D eigenvalue weighted by Crippen LogP contribution is -2.10. The number of hydrogen-bond acceptors (Lipinski definition) is 2. The van der Waals surface area contributed by atoms with Gasteiger partial charge in [0.05, 0.1) is 6.61 Å². The van der Waals surface area contributed by atoms with Gasteiger partial charge >= 0.3 is 0 Å². The summed E-state index contributed by atoms with van der Waals surface area (Å²) in [5.74, 6) is 0.0600. The molecule has 1 unspecified atom stereocenters. The molecule has 76 valence electrons. The maximum Gasteiger partial charge on any atom is 0.128 e. The summed E-state index contributed by atoms with van der Waals surface area (Å²) in [5, 5.41) is 12.3. The third-order valence-corrected chi connectivity index (χ3v) is 2.81. The average Bonchev–Trinajstić information content (AvgIpc) is 2.70. The zero-order valence-corrected chi connectivity index (χ0v) is 7.96. The lowest BCUT2D eigenvalue weighted by Gasteiger charge is -2.13. The summed E-state index contributed by atoms with van der Waals surface area (Å²) < 4.78 is 13.3. The van der Waals surface area contributed by atoms with E-state index in [1.54, 1.807) is 6.07 Å². The molecule has 0 aromatic heterocycles. The monoisotopic (exact) mass is 195 g/mol. The molecule has 0 amide bonds. The molecule has 1 aromatic rings. The molecule has 1 aromatic carbocycles. The first-order chi connectivity index (χ1) is 6.83. The van der Waals surface area contributed by atoms with Crippen molar-refractivity contribution >= 4 is 0 Å². The molecule has 0 saturated carbocycles. The minimum atomic E-state index is -0.295. The van der Waals surface area contributed by atoms with Gasteiger partial charge in [0.15, 0.2) is 0 Å². The summed E-state index contributed by atoms with van der Waals surface area (Å²) in [5.41, 5.74) is 1.42. The summed E-state index contributed by atoms with van der Waals surface area (Å²) in [7, 11) is 0. The number of aliphatic hydroxyl groups is 1. The van der Waals surface area contributed by atoms with Crippen LogP contribution in [0.4, 0.5) is 4.39 Å². The van der Waals surface area contributed by atoms with E-state index in [9.17, 15) is 4.39 Å². The van der Waals surface area contributed by atoms with E-state index < -0.39 is 0 Å². The Morgan fingerprint density at radius 1 is 1.50 bits per heavy atom. The van der Waals surface area contributed by atoms with Crippen LogP contribution in [0.15, 0.2) is 18.2 Å². The molecule has 2 N–H and O–H groups in total. The van der Waals surface area contributed by atoms with E-state index in [1.165, 1.54) is 6.07 Å². The van der Waals surface area contributed by atoms with Crippen molar-refractivity contribution in [3.8, 4) is 0 Å². The zero-order chi connectivity index (χ0) is 9.97. The Labute approximate surface area is 82.8 Å². The summed E-state index contributed by atoms with van der Waals surface area (Å²) in [6.07, 6.45) is 1.02. The maximum atomic E-state index is 13.3. The first kappa shape index (κ1) is 9.62. The summed E-state index contributed by atoms with van der Waals surface area (Å²) in [6, 6.07) is 5.02. The van der Waals surface area contributed by atoms with Crippen LogP contribution in [-0.2, 0) is 6.61 Å². The van der Waals surface area contributed by atoms with E-state index in [1.807, 2.05) is 6.07 Å². The smallest absolute Gasteiger partial charge is 0.128 e. The highest BCUT2D eigenvalue weighted by Crippen LogP contribution is 2.27. The standard InChI is InChI=1S/C11H14FNO/c12-11-3-1-2-9(10(11)7-14)8-4-5-13-6-8/h1-3,8,13-14H,4-7H2. The van der Waals surface area contributed by atoms with Gasteiger partial charge in [0, 0.05) is 12.1 Å². The zero-order valence-electron chi connectivity index (χ0n) is 7.96. The highest BCUT2D eigenvalue weighted by Gasteiger charge is 2.20. The van der Waals surface area contributed by atoms with E-state index in [0.717, 1.165) is 25.1 Å². The highest BCUT2D eigenvalue weighted by molar-refractivity contribution is 5.32. The van der Waals surface area contributed by atoms with Crippen LogP contribution in [0.25, 0.3) is 0 Å². The van der Waals surface area contributed by atoms with E-state index in [4.69, 9.17) is 5.11 Å². The Balaban J connectivity index is 2.35. The first-order valence-corrected chi connectivity index (χ1v) is 4.92. The van der Waals surface area contributed by atoms with Gasteiger partial charge < -0.3 is 10.4 Å². The third-order valence-electron chi connectivity index (χ3n) is 2.81. The molecule has 2 nitrogen and oxygen atoms in total. The van der Waals surface area contributed by atoms with Crippen molar-refractivity contribution in [3.05, 3.63) is 35.1 Å². The lowest BCUT2D eigenvalue weighted by molar-refractivity contribution is 0.273. The summed E-state index contributed by atoms with van der Waals surface area (Å²) >= 11 is 0. The molecular weight excluding hydrogens is 181 g/mol. The van der Waals surface area contributed by atoms with E-state index in [-0.39, 0.29) is 12.4 Å². The fraction of sp³-hybridized carbons (Fsp3) is 0.455. The van der Waals surface area contributed by atoms with Gasteiger partial charge in [-0.2, -0.15) is 0 Å². The Bertz CT molecular complexity index is 321.